The fourth-order valence-corrected chi connectivity index (χ4v) is 2.24. The number of hydrogen-bond donors (Lipinski definition) is 0. The molecule has 1 unspecified atom stereocenters. The van der Waals surface area contributed by atoms with Crippen molar-refractivity contribution in [3.05, 3.63) is 71.3 Å². The largest absolute Gasteiger partial charge is 0.465 e. The Morgan fingerprint density at radius 2 is 2.08 bits per heavy atom. The Hall–Kier alpha value is -2.35. The molecule has 0 fully saturated rings. The molecule has 1 rings (SSSR count). The SMILES string of the molecule is C=C(/C=C\c1c(C)cccc1/C(C)=C/C=C\C(C)CC)C(=O)OC. The van der Waals surface area contributed by atoms with Gasteiger partial charge in [-0.15, -0.1) is 0 Å². The molecule has 1 atom stereocenters. The molecule has 0 aliphatic carbocycles. The van der Waals surface area contributed by atoms with Crippen molar-refractivity contribution >= 4 is 17.6 Å². The zero-order valence-corrected chi connectivity index (χ0v) is 15.4. The van der Waals surface area contributed by atoms with Crippen molar-refractivity contribution in [1.82, 2.24) is 0 Å². The number of methoxy groups -OCH3 is 1. The fraction of sp³-hybridized carbons (Fsp3) is 0.318. The number of hydrogen-bond acceptors (Lipinski definition) is 2. The number of ether oxygens (including phenoxy) is 1. The summed E-state index contributed by atoms with van der Waals surface area (Å²) in [6, 6.07) is 6.20. The highest BCUT2D eigenvalue weighted by Crippen LogP contribution is 2.24. The molecule has 24 heavy (non-hydrogen) atoms. The highest BCUT2D eigenvalue weighted by molar-refractivity contribution is 5.92. The second-order valence-electron chi connectivity index (χ2n) is 6.01. The molecule has 0 spiro atoms. The maximum absolute atomic E-state index is 11.5. The van der Waals surface area contributed by atoms with E-state index in [9.17, 15) is 4.79 Å². The summed E-state index contributed by atoms with van der Waals surface area (Å²) in [4.78, 5) is 11.5. The van der Waals surface area contributed by atoms with E-state index < -0.39 is 5.97 Å². The minimum absolute atomic E-state index is 0.338. The second-order valence-corrected chi connectivity index (χ2v) is 6.01. The van der Waals surface area contributed by atoms with Gasteiger partial charge in [-0.3, -0.25) is 0 Å². The summed E-state index contributed by atoms with van der Waals surface area (Å²) in [7, 11) is 1.36. The van der Waals surface area contributed by atoms with Crippen LogP contribution in [0.2, 0.25) is 0 Å². The molecule has 0 heterocycles. The molecule has 1 aromatic rings. The first kappa shape index (κ1) is 19.7. The number of rotatable bonds is 7. The van der Waals surface area contributed by atoms with Gasteiger partial charge in [-0.05, 0) is 48.1 Å². The Bertz CT molecular complexity index is 675. The Labute approximate surface area is 146 Å². The van der Waals surface area contributed by atoms with Crippen LogP contribution in [0.1, 0.15) is 43.9 Å². The summed E-state index contributed by atoms with van der Waals surface area (Å²) >= 11 is 0. The van der Waals surface area contributed by atoms with Gasteiger partial charge < -0.3 is 4.74 Å². The lowest BCUT2D eigenvalue weighted by molar-refractivity contribution is -0.135. The average Bonchev–Trinajstić information content (AvgIpc) is 2.58. The molecule has 0 aromatic heterocycles. The predicted molar refractivity (Wildman–Crippen MR) is 104 cm³/mol. The van der Waals surface area contributed by atoms with Crippen LogP contribution >= 0.6 is 0 Å². The molecule has 1 aromatic carbocycles. The summed E-state index contributed by atoms with van der Waals surface area (Å²) in [5.74, 6) is 0.166. The van der Waals surface area contributed by atoms with Crippen LogP contribution in [-0.2, 0) is 9.53 Å². The van der Waals surface area contributed by atoms with Crippen molar-refractivity contribution in [3.8, 4) is 0 Å². The van der Waals surface area contributed by atoms with Crippen molar-refractivity contribution in [1.29, 1.82) is 0 Å². The van der Waals surface area contributed by atoms with E-state index in [4.69, 9.17) is 0 Å². The standard InChI is InChI=1S/C22H28O2/c1-7-16(2)10-8-11-17(3)20-13-9-12-18(4)21(20)15-14-19(5)22(23)24-6/h8-16H,5,7H2,1-4,6H3/b10-8-,15-14-,17-11+. The molecule has 128 valence electrons. The lowest BCUT2D eigenvalue weighted by Crippen LogP contribution is -2.01. The molecular formula is C22H28O2. The average molecular weight is 324 g/mol. The first-order valence-corrected chi connectivity index (χ1v) is 8.31. The van der Waals surface area contributed by atoms with Crippen LogP contribution in [0, 0.1) is 12.8 Å². The van der Waals surface area contributed by atoms with Gasteiger partial charge in [0.15, 0.2) is 0 Å². The van der Waals surface area contributed by atoms with E-state index in [1.165, 1.54) is 12.7 Å². The normalized spacial score (nSPS) is 13.5. The van der Waals surface area contributed by atoms with E-state index in [2.05, 4.69) is 69.4 Å². The topological polar surface area (TPSA) is 26.3 Å². The van der Waals surface area contributed by atoms with Crippen LogP contribution < -0.4 is 0 Å². The molecule has 2 heteroatoms. The van der Waals surface area contributed by atoms with Crippen LogP contribution in [0.3, 0.4) is 0 Å². The van der Waals surface area contributed by atoms with Crippen LogP contribution in [0.25, 0.3) is 11.6 Å². The first-order valence-electron chi connectivity index (χ1n) is 8.31. The zero-order chi connectivity index (χ0) is 18.1. The minimum Gasteiger partial charge on any atom is -0.465 e. The molecule has 0 bridgehead atoms. The highest BCUT2D eigenvalue weighted by Gasteiger charge is 2.06. The van der Waals surface area contributed by atoms with Crippen LogP contribution in [0.5, 0.6) is 0 Å². The quantitative estimate of drug-likeness (QED) is 0.363. The van der Waals surface area contributed by atoms with E-state index in [-0.39, 0.29) is 0 Å². The maximum atomic E-state index is 11.5. The molecule has 0 aliphatic rings. The van der Waals surface area contributed by atoms with E-state index in [1.807, 2.05) is 12.1 Å². The number of esters is 1. The fourth-order valence-electron chi connectivity index (χ4n) is 2.24. The molecule has 0 amide bonds. The van der Waals surface area contributed by atoms with Gasteiger partial charge in [0.05, 0.1) is 12.7 Å². The van der Waals surface area contributed by atoms with Crippen LogP contribution in [-0.4, -0.2) is 13.1 Å². The molecule has 0 radical (unpaired) electrons. The summed E-state index contributed by atoms with van der Waals surface area (Å²) in [6.07, 6.45) is 11.2. The van der Waals surface area contributed by atoms with E-state index >= 15 is 0 Å². The van der Waals surface area contributed by atoms with Gasteiger partial charge in [0.25, 0.3) is 0 Å². The summed E-state index contributed by atoms with van der Waals surface area (Å²) in [5.41, 5.74) is 4.91. The Morgan fingerprint density at radius 3 is 2.71 bits per heavy atom. The lowest BCUT2D eigenvalue weighted by Gasteiger charge is -2.10. The number of allylic oxidation sites excluding steroid dienone is 4. The van der Waals surface area contributed by atoms with Crippen LogP contribution in [0.15, 0.2) is 54.7 Å². The van der Waals surface area contributed by atoms with Crippen LogP contribution in [0.4, 0.5) is 0 Å². The number of carbonyl (C=O) groups excluding carboxylic acids is 1. The Kier molecular flexibility index (Phi) is 7.97. The number of carbonyl (C=O) groups is 1. The third-order valence-corrected chi connectivity index (χ3v) is 4.08. The minimum atomic E-state index is -0.412. The number of benzene rings is 1. The monoisotopic (exact) mass is 324 g/mol. The smallest absolute Gasteiger partial charge is 0.337 e. The van der Waals surface area contributed by atoms with Gasteiger partial charge in [-0.2, -0.15) is 0 Å². The van der Waals surface area contributed by atoms with Crippen molar-refractivity contribution < 1.29 is 9.53 Å². The molecule has 0 N–H and O–H groups in total. The Balaban J connectivity index is 3.13. The molecule has 0 saturated heterocycles. The Morgan fingerprint density at radius 1 is 1.38 bits per heavy atom. The van der Waals surface area contributed by atoms with Crippen molar-refractivity contribution in [2.45, 2.75) is 34.1 Å². The first-order chi connectivity index (χ1) is 11.4. The summed E-state index contributed by atoms with van der Waals surface area (Å²) in [6.45, 7) is 12.3. The molecule has 2 nitrogen and oxygen atoms in total. The van der Waals surface area contributed by atoms with Gasteiger partial charge in [0.1, 0.15) is 0 Å². The van der Waals surface area contributed by atoms with Gasteiger partial charge >= 0.3 is 5.97 Å². The van der Waals surface area contributed by atoms with Gasteiger partial charge in [0.2, 0.25) is 0 Å². The molecular weight excluding hydrogens is 296 g/mol. The second kappa shape index (κ2) is 9.71. The van der Waals surface area contributed by atoms with Gasteiger partial charge in [0, 0.05) is 0 Å². The number of aryl methyl sites for hydroxylation is 1. The molecule has 0 aliphatic heterocycles. The highest BCUT2D eigenvalue weighted by atomic mass is 16.5. The van der Waals surface area contributed by atoms with Crippen molar-refractivity contribution in [3.63, 3.8) is 0 Å². The zero-order valence-electron chi connectivity index (χ0n) is 15.4. The van der Waals surface area contributed by atoms with Crippen molar-refractivity contribution in [2.75, 3.05) is 7.11 Å². The maximum Gasteiger partial charge on any atom is 0.337 e. The van der Waals surface area contributed by atoms with E-state index in [0.717, 1.165) is 23.1 Å². The van der Waals surface area contributed by atoms with Crippen molar-refractivity contribution in [2.24, 2.45) is 5.92 Å². The van der Waals surface area contributed by atoms with Gasteiger partial charge in [-0.1, -0.05) is 69.4 Å². The predicted octanol–water partition coefficient (Wildman–Crippen LogP) is 5.74. The molecule has 0 saturated carbocycles. The van der Waals surface area contributed by atoms with E-state index in [0.29, 0.717) is 11.5 Å². The van der Waals surface area contributed by atoms with Gasteiger partial charge in [-0.25, -0.2) is 4.79 Å². The third kappa shape index (κ3) is 5.69. The van der Waals surface area contributed by atoms with E-state index in [1.54, 1.807) is 6.08 Å². The lowest BCUT2D eigenvalue weighted by atomic mass is 9.95. The summed E-state index contributed by atoms with van der Waals surface area (Å²) < 4.78 is 4.68. The summed E-state index contributed by atoms with van der Waals surface area (Å²) in [5, 5.41) is 0. The third-order valence-electron chi connectivity index (χ3n) is 4.08.